The molecular weight excluding hydrogens is 418 g/mol. The van der Waals surface area contributed by atoms with Crippen molar-refractivity contribution in [3.63, 3.8) is 0 Å². The van der Waals surface area contributed by atoms with Gasteiger partial charge in [-0.2, -0.15) is 0 Å². The summed E-state index contributed by atoms with van der Waals surface area (Å²) in [5.41, 5.74) is 0. The second-order valence-electron chi connectivity index (χ2n) is 1.95. The predicted octanol–water partition coefficient (Wildman–Crippen LogP) is 3.48. The molecule has 2 rings (SSSR count). The Morgan fingerprint density at radius 1 is 1.08 bits per heavy atom. The molecule has 6 heteroatoms. The van der Waals surface area contributed by atoms with Crippen molar-refractivity contribution >= 4 is 67.9 Å². The molecule has 2 heterocycles. The lowest BCUT2D eigenvalue weighted by Crippen LogP contribution is -1.64. The second-order valence-corrected chi connectivity index (χ2v) is 7.66. The molecule has 62 valence electrons. The second kappa shape index (κ2) is 3.84. The third-order valence-electron chi connectivity index (χ3n) is 1.17. The lowest BCUT2D eigenvalue weighted by atomic mass is 10.6. The Morgan fingerprint density at radius 2 is 1.92 bits per heavy atom. The van der Waals surface area contributed by atoms with Crippen LogP contribution in [0.15, 0.2) is 12.4 Å². The van der Waals surface area contributed by atoms with E-state index in [2.05, 4.69) is 55.1 Å². The molecule has 0 saturated carbocycles. The minimum absolute atomic E-state index is 1.06. The van der Waals surface area contributed by atoms with Crippen molar-refractivity contribution < 1.29 is 0 Å². The van der Waals surface area contributed by atoms with Gasteiger partial charge in [-0.3, -0.25) is 0 Å². The summed E-state index contributed by atoms with van der Waals surface area (Å²) in [5.74, 6) is 0. The van der Waals surface area contributed by atoms with Crippen LogP contribution in [-0.4, -0.2) is 9.97 Å². The summed E-state index contributed by atoms with van der Waals surface area (Å²) < 4.78 is 2.28. The fraction of sp³-hybridized carbons (Fsp3) is 0. The average Bonchev–Trinajstić information content (AvgIpc) is 2.58. The highest BCUT2D eigenvalue weighted by Gasteiger charge is 2.05. The van der Waals surface area contributed by atoms with Crippen LogP contribution in [0.4, 0.5) is 0 Å². The highest BCUT2D eigenvalue weighted by molar-refractivity contribution is 14.1. The van der Waals surface area contributed by atoms with Gasteiger partial charge in [-0.15, -0.1) is 22.7 Å². The SMILES string of the molecule is Ic1cnc(-c2cnc(I)s2)s1. The molecule has 0 aliphatic rings. The van der Waals surface area contributed by atoms with Gasteiger partial charge in [-0.05, 0) is 45.2 Å². The Morgan fingerprint density at radius 3 is 2.42 bits per heavy atom. The highest BCUT2D eigenvalue weighted by Crippen LogP contribution is 2.30. The zero-order valence-corrected chi connectivity index (χ0v) is 11.6. The van der Waals surface area contributed by atoms with E-state index in [0.717, 1.165) is 12.9 Å². The summed E-state index contributed by atoms with van der Waals surface area (Å²) in [6, 6.07) is 0. The van der Waals surface area contributed by atoms with Gasteiger partial charge in [0, 0.05) is 6.20 Å². The molecule has 2 aromatic rings. The van der Waals surface area contributed by atoms with E-state index in [9.17, 15) is 0 Å². The van der Waals surface area contributed by atoms with Crippen molar-refractivity contribution in [1.29, 1.82) is 0 Å². The molecular formula is C6H2I2N2S2. The zero-order chi connectivity index (χ0) is 8.55. The van der Waals surface area contributed by atoms with E-state index in [0.29, 0.717) is 0 Å². The first kappa shape index (κ1) is 9.28. The molecule has 0 N–H and O–H groups in total. The Balaban J connectivity index is 2.43. The van der Waals surface area contributed by atoms with E-state index in [4.69, 9.17) is 0 Å². The molecule has 0 saturated heterocycles. The molecule has 2 nitrogen and oxygen atoms in total. The fourth-order valence-electron chi connectivity index (χ4n) is 0.720. The third-order valence-corrected chi connectivity index (χ3v) is 4.78. The molecule has 0 fully saturated rings. The summed E-state index contributed by atoms with van der Waals surface area (Å²) >= 11 is 7.86. The normalized spacial score (nSPS) is 10.5. The lowest BCUT2D eigenvalue weighted by Gasteiger charge is -1.82. The molecule has 0 aromatic carbocycles. The van der Waals surface area contributed by atoms with Crippen LogP contribution >= 0.6 is 67.9 Å². The molecule has 0 atom stereocenters. The summed E-state index contributed by atoms with van der Waals surface area (Å²) in [7, 11) is 0. The maximum Gasteiger partial charge on any atom is 0.154 e. The first-order valence-corrected chi connectivity index (χ1v) is 6.78. The van der Waals surface area contributed by atoms with E-state index in [-0.39, 0.29) is 0 Å². The van der Waals surface area contributed by atoms with Crippen LogP contribution in [-0.2, 0) is 0 Å². The lowest BCUT2D eigenvalue weighted by molar-refractivity contribution is 1.36. The number of nitrogens with zero attached hydrogens (tertiary/aromatic N) is 2. The zero-order valence-electron chi connectivity index (χ0n) is 5.62. The summed E-state index contributed by atoms with van der Waals surface area (Å²) in [4.78, 5) is 9.61. The van der Waals surface area contributed by atoms with E-state index >= 15 is 0 Å². The van der Waals surface area contributed by atoms with Crippen LogP contribution in [0.2, 0.25) is 0 Å². The number of aromatic nitrogens is 2. The summed E-state index contributed by atoms with van der Waals surface area (Å²) in [5, 5.41) is 1.07. The van der Waals surface area contributed by atoms with Gasteiger partial charge < -0.3 is 0 Å². The van der Waals surface area contributed by atoms with Gasteiger partial charge in [0.15, 0.2) is 3.01 Å². The minimum atomic E-state index is 1.06. The molecule has 12 heavy (non-hydrogen) atoms. The number of halogens is 2. The molecule has 0 aliphatic carbocycles. The van der Waals surface area contributed by atoms with E-state index < -0.39 is 0 Å². The predicted molar refractivity (Wildman–Crippen MR) is 68.7 cm³/mol. The first-order chi connectivity index (χ1) is 5.75. The quantitative estimate of drug-likeness (QED) is 0.661. The maximum absolute atomic E-state index is 4.28. The minimum Gasteiger partial charge on any atom is -0.242 e. The molecule has 0 amide bonds. The van der Waals surface area contributed by atoms with Crippen molar-refractivity contribution in [2.45, 2.75) is 0 Å². The maximum atomic E-state index is 4.28. The number of hydrogen-bond acceptors (Lipinski definition) is 4. The molecule has 0 spiro atoms. The monoisotopic (exact) mass is 420 g/mol. The number of thiazole rings is 2. The van der Waals surface area contributed by atoms with Gasteiger partial charge in [-0.1, -0.05) is 0 Å². The van der Waals surface area contributed by atoms with Crippen LogP contribution in [0.25, 0.3) is 9.88 Å². The molecule has 0 aliphatic heterocycles. The van der Waals surface area contributed by atoms with E-state index in [1.165, 1.54) is 2.88 Å². The summed E-state index contributed by atoms with van der Waals surface area (Å²) in [6.07, 6.45) is 3.76. The highest BCUT2D eigenvalue weighted by atomic mass is 127. The Bertz CT molecular complexity index is 357. The van der Waals surface area contributed by atoms with Crippen molar-refractivity contribution in [2.24, 2.45) is 0 Å². The van der Waals surface area contributed by atoms with E-state index in [1.807, 2.05) is 12.4 Å². The van der Waals surface area contributed by atoms with Crippen LogP contribution in [0.1, 0.15) is 0 Å². The Labute approximate surface area is 105 Å². The van der Waals surface area contributed by atoms with Gasteiger partial charge in [0.05, 0.1) is 14.0 Å². The van der Waals surface area contributed by atoms with Crippen LogP contribution in [0, 0.1) is 5.90 Å². The topological polar surface area (TPSA) is 25.8 Å². The van der Waals surface area contributed by atoms with Gasteiger partial charge >= 0.3 is 0 Å². The van der Waals surface area contributed by atoms with Gasteiger partial charge in [0.2, 0.25) is 0 Å². The van der Waals surface area contributed by atoms with Gasteiger partial charge in [-0.25, -0.2) is 9.97 Å². The van der Waals surface area contributed by atoms with Crippen LogP contribution in [0.5, 0.6) is 0 Å². The van der Waals surface area contributed by atoms with Gasteiger partial charge in [0.1, 0.15) is 5.01 Å². The smallest absolute Gasteiger partial charge is 0.154 e. The molecule has 0 unspecified atom stereocenters. The van der Waals surface area contributed by atoms with Crippen molar-refractivity contribution in [1.82, 2.24) is 9.97 Å². The van der Waals surface area contributed by atoms with Crippen molar-refractivity contribution in [3.8, 4) is 9.88 Å². The van der Waals surface area contributed by atoms with Crippen LogP contribution < -0.4 is 0 Å². The Hall–Kier alpha value is 0.720. The van der Waals surface area contributed by atoms with Crippen molar-refractivity contribution in [2.75, 3.05) is 0 Å². The number of hydrogen-bond donors (Lipinski definition) is 0. The fourth-order valence-corrected chi connectivity index (χ4v) is 3.67. The third kappa shape index (κ3) is 1.96. The molecule has 0 bridgehead atoms. The molecule has 2 aromatic heterocycles. The average molecular weight is 420 g/mol. The molecule has 0 radical (unpaired) electrons. The van der Waals surface area contributed by atoms with Gasteiger partial charge in [0.25, 0.3) is 0 Å². The van der Waals surface area contributed by atoms with Crippen LogP contribution in [0.3, 0.4) is 0 Å². The Kier molecular flexibility index (Phi) is 2.97. The van der Waals surface area contributed by atoms with E-state index in [1.54, 1.807) is 22.7 Å². The standard InChI is InChI=1S/C6H2I2N2S2/c7-4-2-9-5(12-4)3-1-10-6(8)11-3/h1-2H. The largest absolute Gasteiger partial charge is 0.242 e. The summed E-state index contributed by atoms with van der Waals surface area (Å²) in [6.45, 7) is 0. The van der Waals surface area contributed by atoms with Crippen molar-refractivity contribution in [3.05, 3.63) is 18.3 Å². The number of rotatable bonds is 1. The first-order valence-electron chi connectivity index (χ1n) is 2.99.